The third kappa shape index (κ3) is 2.40. The second kappa shape index (κ2) is 3.88. The molecule has 0 aliphatic carbocycles. The molecule has 0 saturated carbocycles. The highest BCUT2D eigenvalue weighted by Crippen LogP contribution is 2.17. The van der Waals surface area contributed by atoms with Crippen molar-refractivity contribution in [1.82, 2.24) is 4.31 Å². The van der Waals surface area contributed by atoms with Crippen LogP contribution in [0.25, 0.3) is 0 Å². The summed E-state index contributed by atoms with van der Waals surface area (Å²) in [6, 6.07) is 6.36. The molecule has 16 heavy (non-hydrogen) atoms. The molecule has 2 rings (SSSR count). The molecule has 86 valence electrons. The Hall–Kier alpha value is -1.40. The van der Waals surface area contributed by atoms with Crippen molar-refractivity contribution in [3.63, 3.8) is 0 Å². The minimum absolute atomic E-state index is 0.0413. The number of hydrogen-bond donors (Lipinski definition) is 1. The largest absolute Gasteiger partial charge is 0.301 e. The van der Waals surface area contributed by atoms with E-state index in [1.807, 2.05) is 0 Å². The summed E-state index contributed by atoms with van der Waals surface area (Å²) >= 11 is 0. The maximum absolute atomic E-state index is 11.5. The van der Waals surface area contributed by atoms with Crippen LogP contribution in [0.2, 0.25) is 0 Å². The van der Waals surface area contributed by atoms with Crippen molar-refractivity contribution in [1.29, 1.82) is 0 Å². The molecule has 1 aromatic carbocycles. The number of benzene rings is 1. The van der Waals surface area contributed by atoms with Crippen LogP contribution in [0.1, 0.15) is 17.3 Å². The zero-order valence-corrected chi connectivity index (χ0v) is 9.62. The summed E-state index contributed by atoms with van der Waals surface area (Å²) in [5.74, 6) is -0.0413. The van der Waals surface area contributed by atoms with Crippen molar-refractivity contribution in [2.75, 3.05) is 17.8 Å². The van der Waals surface area contributed by atoms with E-state index in [2.05, 4.69) is 4.72 Å². The van der Waals surface area contributed by atoms with E-state index in [1.54, 1.807) is 24.3 Å². The van der Waals surface area contributed by atoms with E-state index >= 15 is 0 Å². The Morgan fingerprint density at radius 1 is 1.25 bits per heavy atom. The summed E-state index contributed by atoms with van der Waals surface area (Å²) in [5, 5.41) is 0. The smallest absolute Gasteiger partial charge is 0.295 e. The molecule has 0 amide bonds. The van der Waals surface area contributed by atoms with E-state index in [4.69, 9.17) is 0 Å². The van der Waals surface area contributed by atoms with Crippen LogP contribution in [0.3, 0.4) is 0 Å². The van der Waals surface area contributed by atoms with Gasteiger partial charge in [-0.3, -0.25) is 9.52 Å². The number of carbonyl (C=O) groups is 1. The molecular weight excluding hydrogens is 228 g/mol. The first kappa shape index (κ1) is 11.1. The molecule has 0 aromatic heterocycles. The fourth-order valence-corrected chi connectivity index (χ4v) is 2.39. The molecule has 0 unspecified atom stereocenters. The Morgan fingerprint density at radius 2 is 1.81 bits per heavy atom. The average Bonchev–Trinajstić information content (AvgIpc) is 3.01. The van der Waals surface area contributed by atoms with Crippen molar-refractivity contribution in [3.05, 3.63) is 29.8 Å². The van der Waals surface area contributed by atoms with Gasteiger partial charge in [0.05, 0.1) is 0 Å². The first-order valence-electron chi connectivity index (χ1n) is 4.88. The van der Waals surface area contributed by atoms with Crippen molar-refractivity contribution in [3.8, 4) is 0 Å². The highest BCUT2D eigenvalue weighted by Gasteiger charge is 2.31. The lowest BCUT2D eigenvalue weighted by molar-refractivity contribution is 0.101. The number of hydrogen-bond acceptors (Lipinski definition) is 3. The van der Waals surface area contributed by atoms with Gasteiger partial charge in [0.1, 0.15) is 0 Å². The predicted octanol–water partition coefficient (Wildman–Crippen LogP) is 0.861. The Labute approximate surface area is 94.3 Å². The number of ketones is 1. The average molecular weight is 240 g/mol. The first-order valence-corrected chi connectivity index (χ1v) is 6.32. The van der Waals surface area contributed by atoms with Crippen LogP contribution >= 0.6 is 0 Å². The fourth-order valence-electron chi connectivity index (χ4n) is 1.27. The van der Waals surface area contributed by atoms with Gasteiger partial charge in [-0.15, -0.1) is 0 Å². The SMILES string of the molecule is CC(=O)c1ccc(NS(=O)(=O)N2CC2)cc1. The van der Waals surface area contributed by atoms with E-state index in [-0.39, 0.29) is 5.78 Å². The molecule has 1 fully saturated rings. The van der Waals surface area contributed by atoms with Gasteiger partial charge >= 0.3 is 10.2 Å². The third-order valence-corrected chi connectivity index (χ3v) is 3.82. The molecule has 0 spiro atoms. The highest BCUT2D eigenvalue weighted by molar-refractivity contribution is 7.90. The van der Waals surface area contributed by atoms with Gasteiger partial charge in [-0.25, -0.2) is 0 Å². The van der Waals surface area contributed by atoms with Gasteiger partial charge in [0.15, 0.2) is 5.78 Å². The lowest BCUT2D eigenvalue weighted by Gasteiger charge is -2.07. The van der Waals surface area contributed by atoms with Crippen molar-refractivity contribution < 1.29 is 13.2 Å². The normalized spacial score (nSPS) is 15.8. The Bertz CT molecular complexity index is 503. The van der Waals surface area contributed by atoms with E-state index in [9.17, 15) is 13.2 Å². The minimum atomic E-state index is -3.37. The summed E-state index contributed by atoms with van der Waals surface area (Å²) < 4.78 is 26.8. The monoisotopic (exact) mass is 240 g/mol. The summed E-state index contributed by atoms with van der Waals surface area (Å²) in [4.78, 5) is 11.0. The molecule has 1 aliphatic heterocycles. The summed E-state index contributed by atoms with van der Waals surface area (Å²) in [6.45, 7) is 2.61. The molecule has 1 saturated heterocycles. The summed E-state index contributed by atoms with van der Waals surface area (Å²) in [5.41, 5.74) is 1.03. The molecule has 0 bridgehead atoms. The molecule has 6 heteroatoms. The number of carbonyl (C=O) groups excluding carboxylic acids is 1. The second-order valence-corrected chi connectivity index (χ2v) is 5.31. The number of anilines is 1. The van der Waals surface area contributed by atoms with Crippen LogP contribution in [0.5, 0.6) is 0 Å². The molecule has 1 aliphatic rings. The van der Waals surface area contributed by atoms with Gasteiger partial charge in [-0.05, 0) is 31.2 Å². The standard InChI is InChI=1S/C10H12N2O3S/c1-8(13)9-2-4-10(5-3-9)11-16(14,15)12-6-7-12/h2-5,11H,6-7H2,1H3. The van der Waals surface area contributed by atoms with Gasteiger partial charge in [0.2, 0.25) is 0 Å². The van der Waals surface area contributed by atoms with Crippen LogP contribution in [-0.4, -0.2) is 31.6 Å². The maximum Gasteiger partial charge on any atom is 0.301 e. The van der Waals surface area contributed by atoms with Gasteiger partial charge in [-0.1, -0.05) is 0 Å². The van der Waals surface area contributed by atoms with E-state index in [1.165, 1.54) is 11.2 Å². The Balaban J connectivity index is 2.13. The molecular formula is C10H12N2O3S. The van der Waals surface area contributed by atoms with Gasteiger partial charge in [0, 0.05) is 24.3 Å². The molecule has 0 radical (unpaired) electrons. The molecule has 1 heterocycles. The van der Waals surface area contributed by atoms with E-state index < -0.39 is 10.2 Å². The molecule has 1 aromatic rings. The van der Waals surface area contributed by atoms with Crippen LogP contribution in [0, 0.1) is 0 Å². The minimum Gasteiger partial charge on any atom is -0.295 e. The van der Waals surface area contributed by atoms with E-state index in [0.717, 1.165) is 0 Å². The van der Waals surface area contributed by atoms with Crippen molar-refractivity contribution in [2.24, 2.45) is 0 Å². The molecule has 0 atom stereocenters. The Morgan fingerprint density at radius 3 is 2.25 bits per heavy atom. The predicted molar refractivity (Wildman–Crippen MR) is 60.6 cm³/mol. The molecule has 5 nitrogen and oxygen atoms in total. The van der Waals surface area contributed by atoms with E-state index in [0.29, 0.717) is 24.3 Å². The van der Waals surface area contributed by atoms with Crippen LogP contribution < -0.4 is 4.72 Å². The van der Waals surface area contributed by atoms with Gasteiger partial charge < -0.3 is 0 Å². The van der Waals surface area contributed by atoms with Gasteiger partial charge in [-0.2, -0.15) is 12.7 Å². The maximum atomic E-state index is 11.5. The van der Waals surface area contributed by atoms with Crippen LogP contribution in [-0.2, 0) is 10.2 Å². The summed E-state index contributed by atoms with van der Waals surface area (Å²) in [7, 11) is -3.37. The number of nitrogens with one attached hydrogen (secondary N) is 1. The fraction of sp³-hybridized carbons (Fsp3) is 0.300. The topological polar surface area (TPSA) is 66.2 Å². The molecule has 1 N–H and O–H groups in total. The highest BCUT2D eigenvalue weighted by atomic mass is 32.2. The van der Waals surface area contributed by atoms with Crippen LogP contribution in [0.4, 0.5) is 5.69 Å². The lowest BCUT2D eigenvalue weighted by Crippen LogP contribution is -2.20. The summed E-state index contributed by atoms with van der Waals surface area (Å²) in [6.07, 6.45) is 0. The number of rotatable bonds is 4. The second-order valence-electron chi connectivity index (χ2n) is 3.64. The first-order chi connectivity index (χ1) is 7.49. The zero-order chi connectivity index (χ0) is 11.8. The third-order valence-electron chi connectivity index (χ3n) is 2.28. The quantitative estimate of drug-likeness (QED) is 0.627. The zero-order valence-electron chi connectivity index (χ0n) is 8.80. The number of Topliss-reactive ketones (excluding diaryl/α,β-unsaturated/α-hetero) is 1. The van der Waals surface area contributed by atoms with Gasteiger partial charge in [0.25, 0.3) is 0 Å². The number of nitrogens with zero attached hydrogens (tertiary/aromatic N) is 1. The van der Waals surface area contributed by atoms with Crippen molar-refractivity contribution >= 4 is 21.7 Å². The van der Waals surface area contributed by atoms with Crippen LogP contribution in [0.15, 0.2) is 24.3 Å². The lowest BCUT2D eigenvalue weighted by atomic mass is 10.1. The van der Waals surface area contributed by atoms with Crippen molar-refractivity contribution in [2.45, 2.75) is 6.92 Å². The Kier molecular flexibility index (Phi) is 2.69.